The standard InChI is InChI=1S/C25H29ClN6O/c1-17-22(15-28-29(17)4)24(33)31-9-7-30(8-10-31)20-12-21(14-27-13-20)32-16-18-5-6-19(26)11-23(18)25(32,2)3/h5-6,11-15H,7-10,16H2,1-4H3. The summed E-state index contributed by atoms with van der Waals surface area (Å²) >= 11 is 6.28. The van der Waals surface area contributed by atoms with E-state index in [4.69, 9.17) is 11.6 Å². The molecule has 4 heterocycles. The van der Waals surface area contributed by atoms with Gasteiger partial charge in [0.25, 0.3) is 5.91 Å². The van der Waals surface area contributed by atoms with E-state index in [0.29, 0.717) is 18.7 Å². The first-order chi connectivity index (χ1) is 15.8. The second kappa shape index (κ2) is 8.06. The summed E-state index contributed by atoms with van der Waals surface area (Å²) in [6, 6.07) is 8.37. The minimum Gasteiger partial charge on any atom is -0.367 e. The van der Waals surface area contributed by atoms with Crippen molar-refractivity contribution >= 4 is 28.9 Å². The molecule has 7 nitrogen and oxygen atoms in total. The quantitative estimate of drug-likeness (QED) is 0.586. The number of carbonyl (C=O) groups is 1. The highest BCUT2D eigenvalue weighted by Crippen LogP contribution is 2.43. The average molecular weight is 465 g/mol. The Kier molecular flexibility index (Phi) is 5.32. The van der Waals surface area contributed by atoms with Gasteiger partial charge in [-0.15, -0.1) is 0 Å². The number of aryl methyl sites for hydroxylation is 1. The molecule has 1 aromatic carbocycles. The molecule has 1 fully saturated rings. The molecule has 2 aromatic heterocycles. The lowest BCUT2D eigenvalue weighted by Gasteiger charge is -2.37. The van der Waals surface area contributed by atoms with E-state index in [1.54, 1.807) is 10.9 Å². The number of hydrogen-bond acceptors (Lipinski definition) is 5. The fourth-order valence-corrected chi connectivity index (χ4v) is 5.14. The molecule has 33 heavy (non-hydrogen) atoms. The van der Waals surface area contributed by atoms with Crippen molar-refractivity contribution in [2.75, 3.05) is 36.0 Å². The number of anilines is 2. The molecule has 0 radical (unpaired) electrons. The van der Waals surface area contributed by atoms with Gasteiger partial charge in [-0.1, -0.05) is 17.7 Å². The van der Waals surface area contributed by atoms with Gasteiger partial charge < -0.3 is 14.7 Å². The fourth-order valence-electron chi connectivity index (χ4n) is 4.97. The van der Waals surface area contributed by atoms with Crippen LogP contribution >= 0.6 is 11.6 Å². The predicted molar refractivity (Wildman–Crippen MR) is 131 cm³/mol. The maximum atomic E-state index is 12.9. The Balaban J connectivity index is 1.31. The smallest absolute Gasteiger partial charge is 0.257 e. The molecule has 0 N–H and O–H groups in total. The third-order valence-corrected chi connectivity index (χ3v) is 7.39. The van der Waals surface area contributed by atoms with Crippen molar-refractivity contribution in [1.82, 2.24) is 19.7 Å². The molecule has 0 spiro atoms. The third-order valence-electron chi connectivity index (χ3n) is 7.15. The molecule has 1 saturated heterocycles. The van der Waals surface area contributed by atoms with Gasteiger partial charge in [-0.3, -0.25) is 14.5 Å². The summed E-state index contributed by atoms with van der Waals surface area (Å²) in [6.07, 6.45) is 5.52. The summed E-state index contributed by atoms with van der Waals surface area (Å²) in [5.74, 6) is 0.0577. The van der Waals surface area contributed by atoms with E-state index in [1.807, 2.05) is 37.3 Å². The molecular weight excluding hydrogens is 436 g/mol. The summed E-state index contributed by atoms with van der Waals surface area (Å²) in [5.41, 5.74) is 6.15. The second-order valence-corrected chi connectivity index (χ2v) is 9.83. The lowest BCUT2D eigenvalue weighted by atomic mass is 9.93. The molecule has 1 amide bonds. The van der Waals surface area contributed by atoms with Crippen LogP contribution in [0.4, 0.5) is 11.4 Å². The third kappa shape index (κ3) is 3.74. The number of benzene rings is 1. The first kappa shape index (κ1) is 21.8. The van der Waals surface area contributed by atoms with Gasteiger partial charge in [0, 0.05) is 50.5 Å². The van der Waals surface area contributed by atoms with E-state index in [0.717, 1.165) is 41.7 Å². The van der Waals surface area contributed by atoms with Gasteiger partial charge in [0.15, 0.2) is 0 Å². The summed E-state index contributed by atoms with van der Waals surface area (Å²) in [7, 11) is 1.86. The Hall–Kier alpha value is -3.06. The summed E-state index contributed by atoms with van der Waals surface area (Å²) < 4.78 is 1.74. The summed E-state index contributed by atoms with van der Waals surface area (Å²) in [5, 5.41) is 4.98. The maximum Gasteiger partial charge on any atom is 0.257 e. The van der Waals surface area contributed by atoms with E-state index in [9.17, 15) is 4.79 Å². The molecule has 2 aliphatic rings. The minimum absolute atomic E-state index is 0.0577. The molecule has 5 rings (SSSR count). The van der Waals surface area contributed by atoms with Crippen LogP contribution in [0.15, 0.2) is 42.9 Å². The molecular formula is C25H29ClN6O. The minimum atomic E-state index is -0.173. The van der Waals surface area contributed by atoms with Gasteiger partial charge >= 0.3 is 0 Å². The Morgan fingerprint density at radius 3 is 2.45 bits per heavy atom. The lowest BCUT2D eigenvalue weighted by molar-refractivity contribution is 0.0746. The highest BCUT2D eigenvalue weighted by atomic mass is 35.5. The zero-order valence-electron chi connectivity index (χ0n) is 19.5. The van der Waals surface area contributed by atoms with Crippen LogP contribution in [-0.4, -0.2) is 51.8 Å². The molecule has 3 aromatic rings. The normalized spacial score (nSPS) is 17.4. The van der Waals surface area contributed by atoms with Crippen LogP contribution in [0.2, 0.25) is 5.02 Å². The highest BCUT2D eigenvalue weighted by Gasteiger charge is 2.38. The van der Waals surface area contributed by atoms with Crippen LogP contribution in [0, 0.1) is 6.92 Å². The van der Waals surface area contributed by atoms with Gasteiger partial charge in [0.1, 0.15) is 0 Å². The highest BCUT2D eigenvalue weighted by molar-refractivity contribution is 6.30. The van der Waals surface area contributed by atoms with Gasteiger partial charge in [-0.25, -0.2) is 0 Å². The number of amides is 1. The summed E-state index contributed by atoms with van der Waals surface area (Å²) in [4.78, 5) is 24.1. The van der Waals surface area contributed by atoms with E-state index in [-0.39, 0.29) is 11.4 Å². The average Bonchev–Trinajstić information content (AvgIpc) is 3.29. The number of rotatable bonds is 3. The molecule has 0 bridgehead atoms. The Morgan fingerprint density at radius 1 is 1.03 bits per heavy atom. The van der Waals surface area contributed by atoms with E-state index in [2.05, 4.69) is 51.9 Å². The topological polar surface area (TPSA) is 57.5 Å². The predicted octanol–water partition coefficient (Wildman–Crippen LogP) is 3.99. The summed E-state index contributed by atoms with van der Waals surface area (Å²) in [6.45, 7) is 10.1. The number of fused-ring (bicyclic) bond motifs is 1. The molecule has 0 atom stereocenters. The molecule has 2 aliphatic heterocycles. The first-order valence-electron chi connectivity index (χ1n) is 11.3. The first-order valence-corrected chi connectivity index (χ1v) is 11.7. The Labute approximate surface area is 199 Å². The molecule has 0 aliphatic carbocycles. The van der Waals surface area contributed by atoms with Crippen LogP contribution < -0.4 is 9.80 Å². The maximum absolute atomic E-state index is 12.9. The SMILES string of the molecule is Cc1c(C(=O)N2CCN(c3cncc(N4Cc5ccc(Cl)cc5C4(C)C)c3)CC2)cnn1C. The van der Waals surface area contributed by atoms with E-state index < -0.39 is 0 Å². The number of halogens is 1. The van der Waals surface area contributed by atoms with Crippen LogP contribution in [0.25, 0.3) is 0 Å². The van der Waals surface area contributed by atoms with Crippen molar-refractivity contribution in [2.45, 2.75) is 32.9 Å². The number of piperazine rings is 1. The van der Waals surface area contributed by atoms with Gasteiger partial charge in [-0.2, -0.15) is 5.10 Å². The molecule has 172 valence electrons. The zero-order valence-corrected chi connectivity index (χ0v) is 20.3. The number of aromatic nitrogens is 3. The van der Waals surface area contributed by atoms with Crippen molar-refractivity contribution in [1.29, 1.82) is 0 Å². The van der Waals surface area contributed by atoms with Gasteiger partial charge in [-0.05, 0) is 50.1 Å². The number of carbonyl (C=O) groups excluding carboxylic acids is 1. The molecule has 8 heteroatoms. The van der Waals surface area contributed by atoms with Crippen molar-refractivity contribution in [3.63, 3.8) is 0 Å². The van der Waals surface area contributed by atoms with E-state index in [1.165, 1.54) is 11.1 Å². The molecule has 0 saturated carbocycles. The van der Waals surface area contributed by atoms with Crippen LogP contribution in [0.1, 0.15) is 41.0 Å². The van der Waals surface area contributed by atoms with Crippen molar-refractivity contribution in [2.24, 2.45) is 7.05 Å². The van der Waals surface area contributed by atoms with E-state index >= 15 is 0 Å². The number of nitrogens with zero attached hydrogens (tertiary/aromatic N) is 6. The fraction of sp³-hybridized carbons (Fsp3) is 0.400. The van der Waals surface area contributed by atoms with Gasteiger partial charge in [0.05, 0.1) is 41.1 Å². The van der Waals surface area contributed by atoms with Crippen LogP contribution in [0.3, 0.4) is 0 Å². The Morgan fingerprint density at radius 2 is 1.76 bits per heavy atom. The lowest BCUT2D eigenvalue weighted by Crippen LogP contribution is -2.49. The second-order valence-electron chi connectivity index (χ2n) is 9.39. The zero-order chi connectivity index (χ0) is 23.3. The van der Waals surface area contributed by atoms with Crippen LogP contribution in [-0.2, 0) is 19.1 Å². The van der Waals surface area contributed by atoms with Crippen molar-refractivity contribution in [3.8, 4) is 0 Å². The van der Waals surface area contributed by atoms with Gasteiger partial charge in [0.2, 0.25) is 0 Å². The van der Waals surface area contributed by atoms with Crippen molar-refractivity contribution in [3.05, 3.63) is 70.3 Å². The van der Waals surface area contributed by atoms with Crippen molar-refractivity contribution < 1.29 is 4.79 Å². The van der Waals surface area contributed by atoms with Crippen LogP contribution in [0.5, 0.6) is 0 Å². The largest absolute Gasteiger partial charge is 0.367 e. The Bertz CT molecular complexity index is 1210. The monoisotopic (exact) mass is 464 g/mol. The number of hydrogen-bond donors (Lipinski definition) is 0. The molecule has 0 unspecified atom stereocenters. The number of pyridine rings is 1.